The highest BCUT2D eigenvalue weighted by Crippen LogP contribution is 2.30. The summed E-state index contributed by atoms with van der Waals surface area (Å²) in [6.45, 7) is 1.68. The lowest BCUT2D eigenvalue weighted by Crippen LogP contribution is -2.12. The summed E-state index contributed by atoms with van der Waals surface area (Å²) in [7, 11) is 1.44. The van der Waals surface area contributed by atoms with E-state index in [2.05, 4.69) is 4.98 Å². The Balaban J connectivity index is 1.55. The Bertz CT molecular complexity index is 881. The van der Waals surface area contributed by atoms with Crippen LogP contribution in [0.25, 0.3) is 0 Å². The van der Waals surface area contributed by atoms with Crippen LogP contribution < -0.4 is 9.47 Å². The molecule has 0 atom stereocenters. The van der Waals surface area contributed by atoms with Crippen LogP contribution in [0.2, 0.25) is 0 Å². The molecule has 172 valence electrons. The second-order valence-electron chi connectivity index (χ2n) is 7.49. The standard InChI is InChI=1S/C25H31NO6/c1-19(27)24-25(21(30-2)16-17-26-24)32-23(29)15-11-6-4-3-5-10-14-22(28)31-18-20-12-8-7-9-13-20/h7-9,12-13,16-17H,3-6,10-11,14-15,18H2,1-2H3. The zero-order chi connectivity index (χ0) is 23.2. The SMILES string of the molecule is COc1ccnc(C(C)=O)c1OC(=O)CCCCCCCCC(=O)OCc1ccccc1. The third kappa shape index (κ3) is 8.88. The monoisotopic (exact) mass is 441 g/mol. The summed E-state index contributed by atoms with van der Waals surface area (Å²) in [5.74, 6) is -0.504. The van der Waals surface area contributed by atoms with Crippen LogP contribution in [0, 0.1) is 0 Å². The first-order valence-corrected chi connectivity index (χ1v) is 11.0. The van der Waals surface area contributed by atoms with E-state index in [4.69, 9.17) is 14.2 Å². The molecular weight excluding hydrogens is 410 g/mol. The Hall–Kier alpha value is -3.22. The molecule has 7 heteroatoms. The summed E-state index contributed by atoms with van der Waals surface area (Å²) in [5.41, 5.74) is 1.07. The van der Waals surface area contributed by atoms with Gasteiger partial charge in [-0.05, 0) is 18.4 Å². The minimum atomic E-state index is -0.417. The van der Waals surface area contributed by atoms with E-state index in [1.54, 1.807) is 6.07 Å². The maximum atomic E-state index is 12.2. The van der Waals surface area contributed by atoms with E-state index < -0.39 is 5.97 Å². The number of carbonyl (C=O) groups is 3. The Kier molecular flexibility index (Phi) is 10.9. The van der Waals surface area contributed by atoms with Crippen LogP contribution in [-0.2, 0) is 20.9 Å². The molecule has 0 spiro atoms. The van der Waals surface area contributed by atoms with Crippen molar-refractivity contribution in [1.82, 2.24) is 4.98 Å². The van der Waals surface area contributed by atoms with Gasteiger partial charge in [0, 0.05) is 32.0 Å². The molecule has 0 saturated carbocycles. The number of benzene rings is 1. The lowest BCUT2D eigenvalue weighted by molar-refractivity contribution is -0.145. The number of unbranched alkanes of at least 4 members (excludes halogenated alkanes) is 5. The van der Waals surface area contributed by atoms with Crippen molar-refractivity contribution < 1.29 is 28.6 Å². The minimum Gasteiger partial charge on any atom is -0.493 e. The Morgan fingerprint density at radius 3 is 2.09 bits per heavy atom. The van der Waals surface area contributed by atoms with Crippen molar-refractivity contribution >= 4 is 17.7 Å². The van der Waals surface area contributed by atoms with Crippen LogP contribution in [0.5, 0.6) is 11.5 Å². The van der Waals surface area contributed by atoms with Crippen LogP contribution in [-0.4, -0.2) is 29.8 Å². The van der Waals surface area contributed by atoms with Gasteiger partial charge in [0.05, 0.1) is 7.11 Å². The second-order valence-corrected chi connectivity index (χ2v) is 7.49. The molecule has 32 heavy (non-hydrogen) atoms. The number of Topliss-reactive ketones (excluding diaryl/α,β-unsaturated/α-hetero) is 1. The summed E-state index contributed by atoms with van der Waals surface area (Å²) in [4.78, 5) is 39.6. The number of methoxy groups -OCH3 is 1. The Labute approximate surface area is 189 Å². The van der Waals surface area contributed by atoms with Crippen LogP contribution >= 0.6 is 0 Å². The van der Waals surface area contributed by atoms with E-state index in [-0.39, 0.29) is 29.6 Å². The van der Waals surface area contributed by atoms with Gasteiger partial charge in [-0.2, -0.15) is 0 Å². The van der Waals surface area contributed by atoms with Gasteiger partial charge in [-0.15, -0.1) is 0 Å². The highest BCUT2D eigenvalue weighted by molar-refractivity contribution is 5.96. The number of esters is 2. The van der Waals surface area contributed by atoms with Crippen LogP contribution in [0.15, 0.2) is 42.6 Å². The molecule has 2 aromatic rings. The van der Waals surface area contributed by atoms with Crippen LogP contribution in [0.3, 0.4) is 0 Å². The van der Waals surface area contributed by atoms with Crippen molar-refractivity contribution in [2.75, 3.05) is 7.11 Å². The average Bonchev–Trinajstić information content (AvgIpc) is 2.80. The number of hydrogen-bond acceptors (Lipinski definition) is 7. The van der Waals surface area contributed by atoms with Gasteiger partial charge < -0.3 is 14.2 Å². The van der Waals surface area contributed by atoms with Gasteiger partial charge in [0.2, 0.25) is 5.75 Å². The van der Waals surface area contributed by atoms with Gasteiger partial charge in [0.1, 0.15) is 6.61 Å². The fraction of sp³-hybridized carbons (Fsp3) is 0.440. The topological polar surface area (TPSA) is 91.8 Å². The molecule has 0 aliphatic carbocycles. The number of carbonyl (C=O) groups excluding carboxylic acids is 3. The minimum absolute atomic E-state index is 0.0756. The second kappa shape index (κ2) is 14.0. The number of nitrogens with zero attached hydrogens (tertiary/aromatic N) is 1. The molecule has 0 saturated heterocycles. The van der Waals surface area contributed by atoms with Gasteiger partial charge in [-0.3, -0.25) is 14.4 Å². The molecular formula is C25H31NO6. The van der Waals surface area contributed by atoms with Gasteiger partial charge in [-0.1, -0.05) is 56.0 Å². The third-order valence-electron chi connectivity index (χ3n) is 4.89. The van der Waals surface area contributed by atoms with Crippen molar-refractivity contribution in [2.24, 2.45) is 0 Å². The maximum absolute atomic E-state index is 12.2. The summed E-state index contributed by atoms with van der Waals surface area (Å²) in [6.07, 6.45) is 7.39. The highest BCUT2D eigenvalue weighted by atomic mass is 16.6. The van der Waals surface area contributed by atoms with E-state index >= 15 is 0 Å². The number of ketones is 1. The third-order valence-corrected chi connectivity index (χ3v) is 4.89. The lowest BCUT2D eigenvalue weighted by Gasteiger charge is -2.11. The Morgan fingerprint density at radius 2 is 1.47 bits per heavy atom. The smallest absolute Gasteiger partial charge is 0.311 e. The molecule has 7 nitrogen and oxygen atoms in total. The van der Waals surface area contributed by atoms with Crippen molar-refractivity contribution in [3.63, 3.8) is 0 Å². The number of aromatic nitrogens is 1. The van der Waals surface area contributed by atoms with E-state index in [1.807, 2.05) is 30.3 Å². The molecule has 1 aromatic carbocycles. The molecule has 0 aliphatic heterocycles. The summed E-state index contributed by atoms with van der Waals surface area (Å²) in [6, 6.07) is 11.2. The van der Waals surface area contributed by atoms with E-state index in [1.165, 1.54) is 20.2 Å². The summed E-state index contributed by atoms with van der Waals surface area (Å²) < 4.78 is 15.8. The van der Waals surface area contributed by atoms with Gasteiger partial charge in [-0.25, -0.2) is 4.98 Å². The first-order chi connectivity index (χ1) is 15.5. The molecule has 0 aliphatic rings. The fourth-order valence-corrected chi connectivity index (χ4v) is 3.16. The average molecular weight is 442 g/mol. The molecule has 2 rings (SSSR count). The van der Waals surface area contributed by atoms with Gasteiger partial charge in [0.25, 0.3) is 0 Å². The van der Waals surface area contributed by atoms with Crippen molar-refractivity contribution in [2.45, 2.75) is 64.9 Å². The Morgan fingerprint density at radius 1 is 0.844 bits per heavy atom. The molecule has 0 fully saturated rings. The molecule has 0 N–H and O–H groups in total. The summed E-state index contributed by atoms with van der Waals surface area (Å²) in [5, 5.41) is 0. The van der Waals surface area contributed by atoms with Crippen molar-refractivity contribution in [3.8, 4) is 11.5 Å². The van der Waals surface area contributed by atoms with Gasteiger partial charge in [0.15, 0.2) is 17.2 Å². The lowest BCUT2D eigenvalue weighted by atomic mass is 10.1. The summed E-state index contributed by atoms with van der Waals surface area (Å²) >= 11 is 0. The highest BCUT2D eigenvalue weighted by Gasteiger charge is 2.18. The van der Waals surface area contributed by atoms with Crippen LogP contribution in [0.4, 0.5) is 0 Å². The molecule has 0 bridgehead atoms. The predicted molar refractivity (Wildman–Crippen MR) is 120 cm³/mol. The van der Waals surface area contributed by atoms with E-state index in [0.717, 1.165) is 37.7 Å². The first kappa shape index (κ1) is 25.0. The predicted octanol–water partition coefficient (Wildman–Crippen LogP) is 5.06. The van der Waals surface area contributed by atoms with E-state index in [0.29, 0.717) is 25.2 Å². The number of rotatable bonds is 14. The zero-order valence-electron chi connectivity index (χ0n) is 18.8. The number of ether oxygens (including phenoxy) is 3. The molecule has 0 amide bonds. The van der Waals surface area contributed by atoms with Crippen molar-refractivity contribution in [3.05, 3.63) is 53.9 Å². The molecule has 1 heterocycles. The molecule has 0 radical (unpaired) electrons. The quantitative estimate of drug-likeness (QED) is 0.230. The molecule has 0 unspecified atom stereocenters. The van der Waals surface area contributed by atoms with Crippen molar-refractivity contribution in [1.29, 1.82) is 0 Å². The van der Waals surface area contributed by atoms with Crippen LogP contribution in [0.1, 0.15) is 74.3 Å². The maximum Gasteiger partial charge on any atom is 0.311 e. The van der Waals surface area contributed by atoms with Gasteiger partial charge >= 0.3 is 11.9 Å². The zero-order valence-corrected chi connectivity index (χ0v) is 18.8. The molecule has 1 aromatic heterocycles. The number of pyridine rings is 1. The first-order valence-electron chi connectivity index (χ1n) is 11.0. The largest absolute Gasteiger partial charge is 0.493 e. The van der Waals surface area contributed by atoms with E-state index in [9.17, 15) is 14.4 Å². The fourth-order valence-electron chi connectivity index (χ4n) is 3.16. The number of hydrogen-bond donors (Lipinski definition) is 0. The normalized spacial score (nSPS) is 10.4.